The third-order valence-electron chi connectivity index (χ3n) is 2.80. The van der Waals surface area contributed by atoms with Gasteiger partial charge in [-0.3, -0.25) is 0 Å². The van der Waals surface area contributed by atoms with E-state index in [1.54, 1.807) is 11.8 Å². The lowest BCUT2D eigenvalue weighted by Gasteiger charge is -2.08. The first-order chi connectivity index (χ1) is 8.70. The van der Waals surface area contributed by atoms with Gasteiger partial charge in [0.1, 0.15) is 0 Å². The van der Waals surface area contributed by atoms with E-state index in [2.05, 4.69) is 42.3 Å². The van der Waals surface area contributed by atoms with E-state index in [0.717, 1.165) is 18.2 Å². The lowest BCUT2D eigenvalue weighted by molar-refractivity contribution is 0.725. The van der Waals surface area contributed by atoms with Crippen LogP contribution in [-0.4, -0.2) is 16.1 Å². The summed E-state index contributed by atoms with van der Waals surface area (Å²) in [4.78, 5) is 5.61. The highest BCUT2D eigenvalue weighted by Gasteiger charge is 2.05. The summed E-state index contributed by atoms with van der Waals surface area (Å²) in [6.45, 7) is 6.21. The Morgan fingerprint density at radius 1 is 1.39 bits per heavy atom. The van der Waals surface area contributed by atoms with Crippen LogP contribution in [0.4, 0.5) is 0 Å². The van der Waals surface area contributed by atoms with Crippen molar-refractivity contribution in [2.75, 3.05) is 6.54 Å². The van der Waals surface area contributed by atoms with Gasteiger partial charge in [-0.15, -0.1) is 0 Å². The third-order valence-corrected chi connectivity index (χ3v) is 4.05. The van der Waals surface area contributed by atoms with E-state index < -0.39 is 0 Å². The first-order valence-corrected chi connectivity index (χ1v) is 6.97. The lowest BCUT2D eigenvalue weighted by Crippen LogP contribution is -2.11. The van der Waals surface area contributed by atoms with Crippen molar-refractivity contribution in [3.63, 3.8) is 0 Å². The molecule has 2 rings (SSSR count). The summed E-state index contributed by atoms with van der Waals surface area (Å²) >= 11 is 1.71. The normalized spacial score (nSPS) is 10.8. The highest BCUT2D eigenvalue weighted by Crippen LogP contribution is 2.29. The van der Waals surface area contributed by atoms with Gasteiger partial charge in [-0.25, -0.2) is 4.98 Å². The van der Waals surface area contributed by atoms with Gasteiger partial charge in [0.2, 0.25) is 0 Å². The van der Waals surface area contributed by atoms with Crippen molar-refractivity contribution in [2.45, 2.75) is 30.4 Å². The molecule has 0 aliphatic carbocycles. The first-order valence-electron chi connectivity index (χ1n) is 6.16. The molecule has 0 unspecified atom stereocenters. The molecule has 0 aliphatic rings. The third kappa shape index (κ3) is 3.15. The van der Waals surface area contributed by atoms with E-state index in [-0.39, 0.29) is 0 Å². The van der Waals surface area contributed by atoms with Gasteiger partial charge in [0.25, 0.3) is 0 Å². The Morgan fingerprint density at radius 3 is 2.83 bits per heavy atom. The van der Waals surface area contributed by atoms with Crippen LogP contribution in [0.25, 0.3) is 0 Å². The molecular formula is C14H19N3S. The number of hydrogen-bond donors (Lipinski definition) is 1. The largest absolute Gasteiger partial charge is 0.329 e. The second-order valence-electron chi connectivity index (χ2n) is 4.30. The van der Waals surface area contributed by atoms with E-state index in [1.807, 2.05) is 24.0 Å². The monoisotopic (exact) mass is 261 g/mol. The van der Waals surface area contributed by atoms with Crippen LogP contribution in [0.5, 0.6) is 0 Å². The summed E-state index contributed by atoms with van der Waals surface area (Å²) < 4.78 is 2.04. The van der Waals surface area contributed by atoms with Crippen LogP contribution in [-0.2, 0) is 13.6 Å². The molecule has 0 saturated carbocycles. The number of hydrogen-bond acceptors (Lipinski definition) is 3. The Hall–Kier alpha value is -1.26. The van der Waals surface area contributed by atoms with E-state index in [9.17, 15) is 0 Å². The van der Waals surface area contributed by atoms with E-state index >= 15 is 0 Å². The number of imidazole rings is 1. The van der Waals surface area contributed by atoms with Crippen LogP contribution in [0.1, 0.15) is 18.1 Å². The van der Waals surface area contributed by atoms with E-state index in [1.165, 1.54) is 16.0 Å². The van der Waals surface area contributed by atoms with Crippen LogP contribution in [0.3, 0.4) is 0 Å². The number of rotatable bonds is 5. The molecule has 0 saturated heterocycles. The molecule has 1 heterocycles. The maximum absolute atomic E-state index is 4.34. The summed E-state index contributed by atoms with van der Waals surface area (Å²) in [6, 6.07) is 6.61. The Morgan fingerprint density at radius 2 is 2.22 bits per heavy atom. The second-order valence-corrected chi connectivity index (χ2v) is 5.31. The molecule has 0 atom stereocenters. The molecule has 1 aromatic heterocycles. The van der Waals surface area contributed by atoms with Gasteiger partial charge in [0.05, 0.1) is 0 Å². The molecule has 0 spiro atoms. The predicted octanol–water partition coefficient (Wildman–Crippen LogP) is 2.99. The minimum Gasteiger partial charge on any atom is -0.329 e. The molecule has 4 heteroatoms. The SMILES string of the molecule is CCNCc1ccc(Sc2nccn2C)c(C)c1. The van der Waals surface area contributed by atoms with E-state index in [4.69, 9.17) is 0 Å². The number of nitrogens with one attached hydrogen (secondary N) is 1. The molecule has 18 heavy (non-hydrogen) atoms. The minimum absolute atomic E-state index is 0.935. The summed E-state index contributed by atoms with van der Waals surface area (Å²) in [5.74, 6) is 0. The lowest BCUT2D eigenvalue weighted by atomic mass is 10.1. The standard InChI is InChI=1S/C14H19N3S/c1-4-15-10-12-5-6-13(11(2)9-12)18-14-16-7-8-17(14)3/h5-9,15H,4,10H2,1-3H3. The fourth-order valence-electron chi connectivity index (χ4n) is 1.75. The topological polar surface area (TPSA) is 29.9 Å². The molecule has 0 amide bonds. The Labute approximate surface area is 113 Å². The molecule has 0 fully saturated rings. The average molecular weight is 261 g/mol. The van der Waals surface area contributed by atoms with Crippen LogP contribution >= 0.6 is 11.8 Å². The molecule has 0 bridgehead atoms. The molecule has 2 aromatic rings. The van der Waals surface area contributed by atoms with Crippen molar-refractivity contribution in [1.82, 2.24) is 14.9 Å². The number of benzene rings is 1. The second kappa shape index (κ2) is 6.07. The van der Waals surface area contributed by atoms with Crippen LogP contribution in [0, 0.1) is 6.92 Å². The molecule has 1 aromatic carbocycles. The van der Waals surface area contributed by atoms with Gasteiger partial charge in [0.15, 0.2) is 5.16 Å². The van der Waals surface area contributed by atoms with Gasteiger partial charge in [-0.2, -0.15) is 0 Å². The summed E-state index contributed by atoms with van der Waals surface area (Å²) in [5.41, 5.74) is 2.64. The minimum atomic E-state index is 0.935. The summed E-state index contributed by atoms with van der Waals surface area (Å²) in [6.07, 6.45) is 3.80. The van der Waals surface area contributed by atoms with E-state index in [0.29, 0.717) is 0 Å². The summed E-state index contributed by atoms with van der Waals surface area (Å²) in [5, 5.41) is 4.37. The zero-order valence-electron chi connectivity index (χ0n) is 11.1. The fraction of sp³-hybridized carbons (Fsp3) is 0.357. The number of aryl methyl sites for hydroxylation is 2. The zero-order chi connectivity index (χ0) is 13.0. The average Bonchev–Trinajstić information content (AvgIpc) is 2.75. The zero-order valence-corrected chi connectivity index (χ0v) is 11.9. The highest BCUT2D eigenvalue weighted by molar-refractivity contribution is 7.99. The molecular weight excluding hydrogens is 242 g/mol. The maximum atomic E-state index is 4.34. The smallest absolute Gasteiger partial charge is 0.172 e. The van der Waals surface area contributed by atoms with Crippen molar-refractivity contribution in [1.29, 1.82) is 0 Å². The Bertz CT molecular complexity index is 520. The van der Waals surface area contributed by atoms with Gasteiger partial charge < -0.3 is 9.88 Å². The van der Waals surface area contributed by atoms with Crippen LogP contribution in [0.2, 0.25) is 0 Å². The molecule has 96 valence electrons. The molecule has 0 radical (unpaired) electrons. The van der Waals surface area contributed by atoms with Gasteiger partial charge in [0, 0.05) is 30.9 Å². The number of nitrogens with zero attached hydrogens (tertiary/aromatic N) is 2. The Balaban J connectivity index is 2.12. The highest BCUT2D eigenvalue weighted by atomic mass is 32.2. The fourth-order valence-corrected chi connectivity index (χ4v) is 2.63. The van der Waals surface area contributed by atoms with Gasteiger partial charge in [-0.1, -0.05) is 30.8 Å². The molecule has 0 aliphatic heterocycles. The van der Waals surface area contributed by atoms with Crippen molar-refractivity contribution in [2.24, 2.45) is 7.05 Å². The van der Waals surface area contributed by atoms with Crippen LogP contribution in [0.15, 0.2) is 40.6 Å². The van der Waals surface area contributed by atoms with Crippen LogP contribution < -0.4 is 5.32 Å². The maximum Gasteiger partial charge on any atom is 0.172 e. The first kappa shape index (κ1) is 13.2. The number of aromatic nitrogens is 2. The predicted molar refractivity (Wildman–Crippen MR) is 75.9 cm³/mol. The van der Waals surface area contributed by atoms with Gasteiger partial charge in [-0.05, 0) is 30.7 Å². The van der Waals surface area contributed by atoms with Crippen molar-refractivity contribution in [3.8, 4) is 0 Å². The quantitative estimate of drug-likeness (QED) is 0.897. The van der Waals surface area contributed by atoms with Crippen molar-refractivity contribution in [3.05, 3.63) is 41.7 Å². The van der Waals surface area contributed by atoms with Crippen molar-refractivity contribution < 1.29 is 0 Å². The Kier molecular flexibility index (Phi) is 4.44. The molecule has 1 N–H and O–H groups in total. The summed E-state index contributed by atoms with van der Waals surface area (Å²) in [7, 11) is 2.02. The molecule has 3 nitrogen and oxygen atoms in total. The van der Waals surface area contributed by atoms with Gasteiger partial charge >= 0.3 is 0 Å². The van der Waals surface area contributed by atoms with Crippen molar-refractivity contribution >= 4 is 11.8 Å².